The molecule has 3 heteroatoms. The first-order chi connectivity index (χ1) is 5.65. The Morgan fingerprint density at radius 1 is 1.38 bits per heavy atom. The fraction of sp³-hybridized carbons (Fsp3) is 0.400. The zero-order valence-electron chi connectivity index (χ0n) is 7.95. The zero-order chi connectivity index (χ0) is 9.14. The molecule has 0 spiro atoms. The van der Waals surface area contributed by atoms with Gasteiger partial charge in [-0.1, -0.05) is 23.8 Å². The molecule has 0 amide bonds. The minimum Gasteiger partial charge on any atom is -0.394 e. The molecule has 1 rings (SSSR count). The Kier molecular flexibility index (Phi) is 4.99. The summed E-state index contributed by atoms with van der Waals surface area (Å²) >= 11 is 0. The van der Waals surface area contributed by atoms with Crippen molar-refractivity contribution in [2.75, 3.05) is 6.61 Å². The summed E-state index contributed by atoms with van der Waals surface area (Å²) in [6, 6.07) is 5.82. The Balaban J connectivity index is 0.00000144. The number of hydrogen-bond donors (Lipinski definition) is 2. The first-order valence-electron chi connectivity index (χ1n) is 4.08. The van der Waals surface area contributed by atoms with Gasteiger partial charge in [0.1, 0.15) is 0 Å². The highest BCUT2D eigenvalue weighted by Gasteiger charge is 2.06. The first kappa shape index (κ1) is 12.4. The lowest BCUT2D eigenvalue weighted by Crippen LogP contribution is -2.15. The van der Waals surface area contributed by atoms with Crippen molar-refractivity contribution in [1.82, 2.24) is 0 Å². The lowest BCUT2D eigenvalue weighted by molar-refractivity contribution is 0.267. The van der Waals surface area contributed by atoms with Gasteiger partial charge in [0, 0.05) is 0 Å². The van der Waals surface area contributed by atoms with E-state index < -0.39 is 0 Å². The summed E-state index contributed by atoms with van der Waals surface area (Å²) in [5, 5.41) is 8.86. The van der Waals surface area contributed by atoms with Gasteiger partial charge in [0.05, 0.1) is 12.6 Å². The first-order valence-corrected chi connectivity index (χ1v) is 4.08. The van der Waals surface area contributed by atoms with Gasteiger partial charge in [-0.25, -0.2) is 0 Å². The summed E-state index contributed by atoms with van der Waals surface area (Å²) < 4.78 is 0. The van der Waals surface area contributed by atoms with Crippen LogP contribution in [-0.2, 0) is 0 Å². The topological polar surface area (TPSA) is 46.2 Å². The average molecular weight is 202 g/mol. The van der Waals surface area contributed by atoms with Gasteiger partial charge < -0.3 is 10.8 Å². The predicted molar refractivity (Wildman–Crippen MR) is 57.2 cm³/mol. The molecule has 3 N–H and O–H groups in total. The second-order valence-corrected chi connectivity index (χ2v) is 3.15. The van der Waals surface area contributed by atoms with Crippen molar-refractivity contribution in [1.29, 1.82) is 0 Å². The van der Waals surface area contributed by atoms with Crippen LogP contribution in [0.3, 0.4) is 0 Å². The van der Waals surface area contributed by atoms with E-state index in [1.807, 2.05) is 26.0 Å². The summed E-state index contributed by atoms with van der Waals surface area (Å²) in [6.07, 6.45) is 0. The molecule has 0 saturated heterocycles. The van der Waals surface area contributed by atoms with Crippen LogP contribution in [-0.4, -0.2) is 11.7 Å². The fourth-order valence-electron chi connectivity index (χ4n) is 1.34. The molecule has 0 aromatic heterocycles. The van der Waals surface area contributed by atoms with Gasteiger partial charge in [-0.05, 0) is 25.0 Å². The second-order valence-electron chi connectivity index (χ2n) is 3.15. The molecule has 0 aliphatic rings. The van der Waals surface area contributed by atoms with Crippen LogP contribution in [0.4, 0.5) is 0 Å². The molecule has 0 saturated carbocycles. The van der Waals surface area contributed by atoms with Crippen LogP contribution in [0.5, 0.6) is 0 Å². The molecule has 0 aliphatic heterocycles. The van der Waals surface area contributed by atoms with Gasteiger partial charge in [0.15, 0.2) is 0 Å². The van der Waals surface area contributed by atoms with E-state index in [0.29, 0.717) is 0 Å². The van der Waals surface area contributed by atoms with Crippen molar-refractivity contribution in [2.24, 2.45) is 5.73 Å². The van der Waals surface area contributed by atoms with E-state index in [0.717, 1.165) is 11.1 Å². The van der Waals surface area contributed by atoms with E-state index in [4.69, 9.17) is 10.8 Å². The highest BCUT2D eigenvalue weighted by molar-refractivity contribution is 5.85. The Morgan fingerprint density at radius 3 is 2.46 bits per heavy atom. The summed E-state index contributed by atoms with van der Waals surface area (Å²) in [4.78, 5) is 0. The minimum atomic E-state index is -0.245. The number of aryl methyl sites for hydroxylation is 2. The highest BCUT2D eigenvalue weighted by Crippen LogP contribution is 2.16. The lowest BCUT2D eigenvalue weighted by atomic mass is 10.0. The number of aliphatic hydroxyl groups is 1. The molecule has 0 unspecified atom stereocenters. The molecule has 0 aliphatic carbocycles. The molecule has 1 atom stereocenters. The third-order valence-electron chi connectivity index (χ3n) is 2.02. The Morgan fingerprint density at radius 2 is 2.00 bits per heavy atom. The highest BCUT2D eigenvalue weighted by atomic mass is 35.5. The average Bonchev–Trinajstić information content (AvgIpc) is 2.03. The summed E-state index contributed by atoms with van der Waals surface area (Å²) in [5.74, 6) is 0. The fourth-order valence-corrected chi connectivity index (χ4v) is 1.34. The third kappa shape index (κ3) is 2.99. The maximum atomic E-state index is 8.86. The number of nitrogens with two attached hydrogens (primary N) is 1. The van der Waals surface area contributed by atoms with Gasteiger partial charge in [-0.15, -0.1) is 12.4 Å². The molecular formula is C10H16ClNO. The van der Waals surface area contributed by atoms with Crippen LogP contribution in [0.1, 0.15) is 22.7 Å². The van der Waals surface area contributed by atoms with Crippen molar-refractivity contribution in [3.05, 3.63) is 34.9 Å². The molecular weight excluding hydrogens is 186 g/mol. The lowest BCUT2D eigenvalue weighted by Gasteiger charge is -2.11. The third-order valence-corrected chi connectivity index (χ3v) is 2.02. The Labute approximate surface area is 85.2 Å². The normalized spacial score (nSPS) is 12.0. The van der Waals surface area contributed by atoms with Crippen molar-refractivity contribution in [3.63, 3.8) is 0 Å². The Hall–Kier alpha value is -0.570. The number of benzene rings is 1. The number of halogens is 1. The largest absolute Gasteiger partial charge is 0.394 e. The molecule has 2 nitrogen and oxygen atoms in total. The van der Waals surface area contributed by atoms with E-state index in [-0.39, 0.29) is 25.1 Å². The van der Waals surface area contributed by atoms with Gasteiger partial charge in [-0.2, -0.15) is 0 Å². The predicted octanol–water partition coefficient (Wildman–Crippen LogP) is 1.72. The smallest absolute Gasteiger partial charge is 0.0624 e. The van der Waals surface area contributed by atoms with Gasteiger partial charge >= 0.3 is 0 Å². The zero-order valence-corrected chi connectivity index (χ0v) is 8.77. The van der Waals surface area contributed by atoms with Crippen molar-refractivity contribution >= 4 is 12.4 Å². The molecule has 1 aromatic rings. The van der Waals surface area contributed by atoms with Crippen LogP contribution in [0.25, 0.3) is 0 Å². The Bertz CT molecular complexity index is 276. The van der Waals surface area contributed by atoms with Crippen LogP contribution in [0.15, 0.2) is 18.2 Å². The molecule has 0 fully saturated rings. The minimum absolute atomic E-state index is 0. The van der Waals surface area contributed by atoms with E-state index >= 15 is 0 Å². The molecule has 0 bridgehead atoms. The van der Waals surface area contributed by atoms with Crippen LogP contribution in [0, 0.1) is 13.8 Å². The van der Waals surface area contributed by atoms with Crippen LogP contribution in [0.2, 0.25) is 0 Å². The van der Waals surface area contributed by atoms with E-state index in [9.17, 15) is 0 Å². The summed E-state index contributed by atoms with van der Waals surface area (Å²) in [5.41, 5.74) is 9.10. The summed E-state index contributed by atoms with van der Waals surface area (Å²) in [7, 11) is 0. The van der Waals surface area contributed by atoms with Crippen LogP contribution < -0.4 is 5.73 Å². The van der Waals surface area contributed by atoms with Crippen LogP contribution >= 0.6 is 12.4 Å². The molecule has 0 radical (unpaired) electrons. The van der Waals surface area contributed by atoms with Gasteiger partial charge in [0.2, 0.25) is 0 Å². The molecule has 0 heterocycles. The molecule has 13 heavy (non-hydrogen) atoms. The van der Waals surface area contributed by atoms with E-state index in [1.54, 1.807) is 0 Å². The van der Waals surface area contributed by atoms with Crippen molar-refractivity contribution < 1.29 is 5.11 Å². The van der Waals surface area contributed by atoms with Gasteiger partial charge in [-0.3, -0.25) is 0 Å². The van der Waals surface area contributed by atoms with E-state index in [2.05, 4.69) is 6.07 Å². The maximum absolute atomic E-state index is 8.86. The molecule has 1 aromatic carbocycles. The summed E-state index contributed by atoms with van der Waals surface area (Å²) in [6.45, 7) is 4.06. The maximum Gasteiger partial charge on any atom is 0.0624 e. The second kappa shape index (κ2) is 5.22. The standard InChI is InChI=1S/C10H15NO.ClH/c1-7-3-4-9(8(2)5-7)10(11)6-12;/h3-5,10,12H,6,11H2,1-2H3;1H/t10-;/m0./s1. The van der Waals surface area contributed by atoms with Gasteiger partial charge in [0.25, 0.3) is 0 Å². The monoisotopic (exact) mass is 201 g/mol. The quantitative estimate of drug-likeness (QED) is 0.766. The van der Waals surface area contributed by atoms with Crippen molar-refractivity contribution in [2.45, 2.75) is 19.9 Å². The SMILES string of the molecule is Cc1ccc([C@@H](N)CO)c(C)c1.Cl. The number of aliphatic hydroxyl groups excluding tert-OH is 1. The molecule has 74 valence electrons. The van der Waals surface area contributed by atoms with E-state index in [1.165, 1.54) is 5.56 Å². The van der Waals surface area contributed by atoms with Crippen molar-refractivity contribution in [3.8, 4) is 0 Å². The number of rotatable bonds is 2. The number of hydrogen-bond acceptors (Lipinski definition) is 2.